The number of methoxy groups -OCH3 is 1. The molecule has 0 saturated carbocycles. The molecule has 3 aliphatic heterocycles. The summed E-state index contributed by atoms with van der Waals surface area (Å²) in [5.74, 6) is -2.80. The van der Waals surface area contributed by atoms with E-state index in [1.165, 1.54) is 26.2 Å². The van der Waals surface area contributed by atoms with E-state index in [4.69, 9.17) is 23.7 Å². The van der Waals surface area contributed by atoms with Gasteiger partial charge in [0.25, 0.3) is 5.91 Å². The molecule has 5 atom stereocenters. The molecule has 41 heavy (non-hydrogen) atoms. The van der Waals surface area contributed by atoms with Crippen LogP contribution in [0.25, 0.3) is 0 Å². The first kappa shape index (κ1) is 30.7. The van der Waals surface area contributed by atoms with Gasteiger partial charge in [0.1, 0.15) is 18.3 Å². The highest BCUT2D eigenvalue weighted by Crippen LogP contribution is 2.38. The van der Waals surface area contributed by atoms with Gasteiger partial charge in [0, 0.05) is 25.1 Å². The summed E-state index contributed by atoms with van der Waals surface area (Å²) < 4.78 is 40.8. The van der Waals surface area contributed by atoms with Gasteiger partial charge in [0.2, 0.25) is 6.41 Å². The van der Waals surface area contributed by atoms with Crippen LogP contribution in [-0.4, -0.2) is 107 Å². The van der Waals surface area contributed by atoms with E-state index in [0.717, 1.165) is 26.3 Å². The third-order valence-corrected chi connectivity index (χ3v) is 7.73. The molecule has 0 bridgehead atoms. The number of cyclic esters (lactones) is 2. The maximum Gasteiger partial charge on any atom is 0.332 e. The Morgan fingerprint density at radius 1 is 1.17 bits per heavy atom. The predicted molar refractivity (Wildman–Crippen MR) is 143 cm³/mol. The first-order valence-corrected chi connectivity index (χ1v) is 13.8. The maximum atomic E-state index is 13.5. The number of likely N-dealkylation sites (tertiary alicyclic amines) is 1. The number of benzene rings is 1. The van der Waals surface area contributed by atoms with Crippen molar-refractivity contribution in [2.75, 3.05) is 58.6 Å². The summed E-state index contributed by atoms with van der Waals surface area (Å²) in [6.07, 6.45) is -1.88. The van der Waals surface area contributed by atoms with Gasteiger partial charge >= 0.3 is 11.9 Å². The zero-order chi connectivity index (χ0) is 29.6. The van der Waals surface area contributed by atoms with Gasteiger partial charge in [-0.2, -0.15) is 0 Å². The molecular formula is C28H38FN3O9. The summed E-state index contributed by atoms with van der Waals surface area (Å²) in [5, 5.41) is 5.05. The van der Waals surface area contributed by atoms with Gasteiger partial charge in [-0.25, -0.2) is 4.79 Å². The number of nitrogens with one attached hydrogen (secondary N) is 2. The van der Waals surface area contributed by atoms with Crippen molar-refractivity contribution >= 4 is 29.9 Å². The molecule has 3 heterocycles. The zero-order valence-corrected chi connectivity index (χ0v) is 23.6. The average molecular weight is 580 g/mol. The van der Waals surface area contributed by atoms with Gasteiger partial charge in [0.15, 0.2) is 11.8 Å². The number of rotatable bonds is 12. The summed E-state index contributed by atoms with van der Waals surface area (Å²) in [5.41, 5.74) is 0.520. The highest BCUT2D eigenvalue weighted by atomic mass is 19.1. The van der Waals surface area contributed by atoms with Crippen LogP contribution in [0.2, 0.25) is 0 Å². The molecule has 226 valence electrons. The topological polar surface area (TPSA) is 142 Å². The van der Waals surface area contributed by atoms with Crippen molar-refractivity contribution in [1.29, 1.82) is 0 Å². The lowest BCUT2D eigenvalue weighted by Gasteiger charge is -2.55. The van der Waals surface area contributed by atoms with E-state index in [9.17, 15) is 23.6 Å². The summed E-state index contributed by atoms with van der Waals surface area (Å²) in [6.45, 7) is 6.39. The van der Waals surface area contributed by atoms with Crippen LogP contribution in [-0.2, 0) is 33.3 Å². The van der Waals surface area contributed by atoms with Crippen molar-refractivity contribution in [1.82, 2.24) is 10.2 Å². The Balaban J connectivity index is 1.51. The van der Waals surface area contributed by atoms with E-state index in [2.05, 4.69) is 15.5 Å². The van der Waals surface area contributed by atoms with Crippen LogP contribution >= 0.6 is 0 Å². The lowest BCUT2D eigenvalue weighted by atomic mass is 9.77. The Morgan fingerprint density at radius 2 is 1.90 bits per heavy atom. The molecule has 1 aromatic rings. The highest BCUT2D eigenvalue weighted by molar-refractivity contribution is 6.01. The van der Waals surface area contributed by atoms with Crippen molar-refractivity contribution in [3.8, 4) is 5.75 Å². The van der Waals surface area contributed by atoms with Crippen molar-refractivity contribution in [3.63, 3.8) is 0 Å². The normalized spacial score (nSPS) is 27.7. The van der Waals surface area contributed by atoms with Crippen LogP contribution < -0.4 is 15.4 Å². The summed E-state index contributed by atoms with van der Waals surface area (Å²) in [7, 11) is 1.34. The second-order valence-corrected chi connectivity index (χ2v) is 10.9. The maximum absolute atomic E-state index is 13.5. The zero-order valence-electron chi connectivity index (χ0n) is 23.6. The van der Waals surface area contributed by atoms with Crippen molar-refractivity contribution in [2.45, 2.75) is 51.0 Å². The van der Waals surface area contributed by atoms with Gasteiger partial charge in [0.05, 0.1) is 44.2 Å². The second kappa shape index (κ2) is 13.6. The SMILES string of the molecule is COc1c(NC=O)cccc1C(=O)NC1C(=O)OC(C)C(OCCCF)C(CCN2CC3(COC3)C2)C(=O)OC1C. The fourth-order valence-corrected chi connectivity index (χ4v) is 5.59. The van der Waals surface area contributed by atoms with Gasteiger partial charge in [-0.15, -0.1) is 0 Å². The number of ether oxygens (including phenoxy) is 5. The number of amides is 2. The van der Waals surface area contributed by atoms with Gasteiger partial charge in [-0.05, 0) is 45.4 Å². The second-order valence-electron chi connectivity index (χ2n) is 10.9. The molecule has 2 amide bonds. The summed E-state index contributed by atoms with van der Waals surface area (Å²) in [6, 6.07) is 3.20. The molecule has 1 spiro atoms. The molecule has 1 aromatic carbocycles. The van der Waals surface area contributed by atoms with E-state index < -0.39 is 54.8 Å². The smallest absolute Gasteiger partial charge is 0.332 e. The Hall–Kier alpha value is -3.29. The Morgan fingerprint density at radius 3 is 2.54 bits per heavy atom. The monoisotopic (exact) mass is 579 g/mol. The number of carbonyl (C=O) groups excluding carboxylic acids is 4. The molecule has 12 nitrogen and oxygen atoms in total. The molecular weight excluding hydrogens is 541 g/mol. The minimum Gasteiger partial charge on any atom is -0.494 e. The predicted octanol–water partition coefficient (Wildman–Crippen LogP) is 1.32. The molecule has 13 heteroatoms. The van der Waals surface area contributed by atoms with E-state index in [1.54, 1.807) is 13.0 Å². The average Bonchev–Trinajstić information content (AvgIpc) is 2.92. The number of carbonyl (C=O) groups is 4. The van der Waals surface area contributed by atoms with E-state index in [0.29, 0.717) is 19.4 Å². The molecule has 0 aliphatic carbocycles. The lowest BCUT2D eigenvalue weighted by molar-refractivity contribution is -0.191. The molecule has 3 fully saturated rings. The van der Waals surface area contributed by atoms with Gasteiger partial charge in [-0.1, -0.05) is 6.07 Å². The molecule has 2 N–H and O–H groups in total. The number of para-hydroxylation sites is 1. The van der Waals surface area contributed by atoms with E-state index in [-0.39, 0.29) is 35.4 Å². The standard InChI is InChI=1S/C28H38FN3O9/c1-17-22(31-25(34)19-6-4-7-21(30-16-33)24(19)37-3)27(36)41-18(2)23(39-11-5-9-29)20(26(35)40-17)8-10-32-12-28(13-32)14-38-15-28/h4,6-7,16-18,20,22-23H,5,8-15H2,1-3H3,(H,30,33)(H,31,34). The molecule has 3 saturated heterocycles. The number of hydrogen-bond donors (Lipinski definition) is 2. The number of alkyl halides is 1. The quantitative estimate of drug-likeness (QED) is 0.212. The minimum atomic E-state index is -1.35. The van der Waals surface area contributed by atoms with Crippen molar-refractivity contribution in [2.24, 2.45) is 11.3 Å². The highest BCUT2D eigenvalue weighted by Gasteiger charge is 2.49. The number of esters is 2. The largest absolute Gasteiger partial charge is 0.494 e. The molecule has 0 radical (unpaired) electrons. The summed E-state index contributed by atoms with van der Waals surface area (Å²) in [4.78, 5) is 53.3. The Kier molecular flexibility index (Phi) is 10.2. The molecule has 3 aliphatic rings. The van der Waals surface area contributed by atoms with Crippen LogP contribution in [0.4, 0.5) is 10.1 Å². The Labute approximate surface area is 238 Å². The third kappa shape index (κ3) is 6.96. The molecule has 5 unspecified atom stereocenters. The van der Waals surface area contributed by atoms with Crippen molar-refractivity contribution < 1.29 is 47.3 Å². The first-order valence-electron chi connectivity index (χ1n) is 13.8. The van der Waals surface area contributed by atoms with Crippen LogP contribution in [0.15, 0.2) is 18.2 Å². The third-order valence-electron chi connectivity index (χ3n) is 7.73. The van der Waals surface area contributed by atoms with Crippen LogP contribution in [0, 0.1) is 11.3 Å². The van der Waals surface area contributed by atoms with Crippen molar-refractivity contribution in [3.05, 3.63) is 23.8 Å². The number of halogens is 1. The van der Waals surface area contributed by atoms with Gasteiger partial charge in [-0.3, -0.25) is 18.8 Å². The minimum absolute atomic E-state index is 0.0394. The number of nitrogens with zero attached hydrogens (tertiary/aromatic N) is 1. The fourth-order valence-electron chi connectivity index (χ4n) is 5.59. The van der Waals surface area contributed by atoms with E-state index in [1.807, 2.05) is 0 Å². The lowest BCUT2D eigenvalue weighted by Crippen LogP contribution is -2.66. The van der Waals surface area contributed by atoms with Crippen LogP contribution in [0.1, 0.15) is 37.0 Å². The molecule has 0 aromatic heterocycles. The first-order chi connectivity index (χ1) is 19.7. The summed E-state index contributed by atoms with van der Waals surface area (Å²) >= 11 is 0. The van der Waals surface area contributed by atoms with Gasteiger partial charge < -0.3 is 39.2 Å². The number of anilines is 1. The number of hydrogen-bond acceptors (Lipinski definition) is 10. The molecule has 4 rings (SSSR count). The van der Waals surface area contributed by atoms with Crippen LogP contribution in [0.3, 0.4) is 0 Å². The van der Waals surface area contributed by atoms with E-state index >= 15 is 0 Å². The van der Waals surface area contributed by atoms with Crippen LogP contribution in [0.5, 0.6) is 5.75 Å². The Bertz CT molecular complexity index is 1110. The fraction of sp³-hybridized carbons (Fsp3) is 0.643.